The van der Waals surface area contributed by atoms with Gasteiger partial charge in [-0.25, -0.2) is 0 Å². The van der Waals surface area contributed by atoms with E-state index in [2.05, 4.69) is 5.32 Å². The molecule has 0 heterocycles. The number of nitrogens with zero attached hydrogens (tertiary/aromatic N) is 1. The molecule has 1 amide bonds. The molecule has 0 unspecified atom stereocenters. The molecule has 0 aromatic heterocycles. The zero-order chi connectivity index (χ0) is 20.4. The highest BCUT2D eigenvalue weighted by atomic mass is 35.5. The van der Waals surface area contributed by atoms with Gasteiger partial charge >= 0.3 is 0 Å². The van der Waals surface area contributed by atoms with Crippen LogP contribution in [0.25, 0.3) is 6.08 Å². The minimum absolute atomic E-state index is 0.0491. The summed E-state index contributed by atoms with van der Waals surface area (Å²) in [4.78, 5) is 12.1. The summed E-state index contributed by atoms with van der Waals surface area (Å²) in [7, 11) is 1.54. The molecule has 0 saturated heterocycles. The Balaban J connectivity index is 2.11. The number of ether oxygens (including phenoxy) is 2. The lowest BCUT2D eigenvalue weighted by Crippen LogP contribution is -2.25. The van der Waals surface area contributed by atoms with E-state index in [1.54, 1.807) is 37.4 Å². The molecule has 0 spiro atoms. The molecule has 0 saturated carbocycles. The van der Waals surface area contributed by atoms with E-state index in [-0.39, 0.29) is 11.5 Å². The number of hydrogen-bond donors (Lipinski definition) is 1. The summed E-state index contributed by atoms with van der Waals surface area (Å²) in [5.41, 5.74) is 1.71. The molecule has 2 aromatic rings. The third kappa shape index (κ3) is 6.33. The summed E-state index contributed by atoms with van der Waals surface area (Å²) in [6.07, 6.45) is 3.38. The molecular formula is C22H23ClN2O3. The van der Waals surface area contributed by atoms with Gasteiger partial charge in [0.05, 0.1) is 7.11 Å². The van der Waals surface area contributed by atoms with Crippen LogP contribution in [0, 0.1) is 11.3 Å². The highest BCUT2D eigenvalue weighted by molar-refractivity contribution is 6.30. The number of nitriles is 1. The molecule has 0 fully saturated rings. The molecule has 2 aromatic carbocycles. The molecular weight excluding hydrogens is 376 g/mol. The van der Waals surface area contributed by atoms with Crippen molar-refractivity contribution in [2.24, 2.45) is 0 Å². The lowest BCUT2D eigenvalue weighted by molar-refractivity contribution is -0.117. The number of carbonyl (C=O) groups is 1. The third-order valence-corrected chi connectivity index (χ3v) is 4.24. The molecule has 0 aliphatic carbocycles. The Bertz CT molecular complexity index is 870. The maximum atomic E-state index is 12.1. The van der Waals surface area contributed by atoms with Crippen LogP contribution in [-0.4, -0.2) is 19.6 Å². The van der Waals surface area contributed by atoms with E-state index >= 15 is 0 Å². The molecule has 0 bridgehead atoms. The van der Waals surface area contributed by atoms with Crippen molar-refractivity contribution in [3.63, 3.8) is 0 Å². The van der Waals surface area contributed by atoms with Gasteiger partial charge in [0.1, 0.15) is 18.2 Å². The number of rotatable bonds is 9. The Morgan fingerprint density at radius 2 is 1.96 bits per heavy atom. The van der Waals surface area contributed by atoms with Gasteiger partial charge in [0.25, 0.3) is 5.91 Å². The van der Waals surface area contributed by atoms with Crippen molar-refractivity contribution in [1.82, 2.24) is 5.32 Å². The summed E-state index contributed by atoms with van der Waals surface area (Å²) in [5, 5.41) is 12.7. The summed E-state index contributed by atoms with van der Waals surface area (Å²) < 4.78 is 11.2. The number of methoxy groups -OCH3 is 1. The predicted octanol–water partition coefficient (Wildman–Crippen LogP) is 4.75. The molecule has 0 atom stereocenters. The van der Waals surface area contributed by atoms with Crippen LogP contribution in [0.15, 0.2) is 48.0 Å². The largest absolute Gasteiger partial charge is 0.493 e. The number of amides is 1. The Hall–Kier alpha value is -2.97. The van der Waals surface area contributed by atoms with Crippen molar-refractivity contribution in [3.05, 3.63) is 64.2 Å². The number of unbranched alkanes of at least 4 members (excludes halogenated alkanes) is 1. The molecule has 2 rings (SSSR count). The average Bonchev–Trinajstić information content (AvgIpc) is 2.72. The Morgan fingerprint density at radius 3 is 2.61 bits per heavy atom. The predicted molar refractivity (Wildman–Crippen MR) is 110 cm³/mol. The molecule has 0 aliphatic heterocycles. The minimum atomic E-state index is -0.377. The first-order valence-electron chi connectivity index (χ1n) is 9.02. The van der Waals surface area contributed by atoms with Gasteiger partial charge in [0.15, 0.2) is 11.5 Å². The van der Waals surface area contributed by atoms with E-state index in [1.807, 2.05) is 25.1 Å². The van der Waals surface area contributed by atoms with E-state index in [0.29, 0.717) is 35.2 Å². The number of nitrogens with one attached hydrogen (secondary N) is 1. The van der Waals surface area contributed by atoms with Crippen LogP contribution >= 0.6 is 11.6 Å². The fraction of sp³-hybridized carbons (Fsp3) is 0.273. The number of halogens is 1. The summed E-state index contributed by atoms with van der Waals surface area (Å²) in [5.74, 6) is 0.713. The van der Waals surface area contributed by atoms with Gasteiger partial charge in [-0.3, -0.25) is 4.79 Å². The van der Waals surface area contributed by atoms with Crippen molar-refractivity contribution < 1.29 is 14.3 Å². The molecule has 28 heavy (non-hydrogen) atoms. The fourth-order valence-electron chi connectivity index (χ4n) is 2.42. The number of hydrogen-bond acceptors (Lipinski definition) is 4. The maximum absolute atomic E-state index is 12.1. The van der Waals surface area contributed by atoms with Gasteiger partial charge in [-0.15, -0.1) is 0 Å². The van der Waals surface area contributed by atoms with Crippen molar-refractivity contribution in [2.75, 3.05) is 13.7 Å². The van der Waals surface area contributed by atoms with Crippen LogP contribution in [-0.2, 0) is 11.4 Å². The van der Waals surface area contributed by atoms with Crippen molar-refractivity contribution in [3.8, 4) is 17.6 Å². The normalized spacial score (nSPS) is 10.9. The molecule has 6 heteroatoms. The minimum Gasteiger partial charge on any atom is -0.493 e. The zero-order valence-electron chi connectivity index (χ0n) is 16.0. The Morgan fingerprint density at radius 1 is 1.21 bits per heavy atom. The quantitative estimate of drug-likeness (QED) is 0.376. The monoisotopic (exact) mass is 398 g/mol. The molecule has 0 radical (unpaired) electrons. The van der Waals surface area contributed by atoms with E-state index in [1.165, 1.54) is 6.08 Å². The first-order valence-corrected chi connectivity index (χ1v) is 9.40. The van der Waals surface area contributed by atoms with E-state index in [9.17, 15) is 10.1 Å². The Labute approximate surface area is 170 Å². The van der Waals surface area contributed by atoms with Gasteiger partial charge in [-0.05, 0) is 47.9 Å². The average molecular weight is 399 g/mol. The van der Waals surface area contributed by atoms with E-state index in [4.69, 9.17) is 21.1 Å². The maximum Gasteiger partial charge on any atom is 0.261 e. The van der Waals surface area contributed by atoms with Crippen LogP contribution in [0.1, 0.15) is 30.9 Å². The zero-order valence-corrected chi connectivity index (χ0v) is 16.8. The number of carbonyl (C=O) groups excluding carboxylic acids is 1. The van der Waals surface area contributed by atoms with Crippen molar-refractivity contribution in [2.45, 2.75) is 26.4 Å². The van der Waals surface area contributed by atoms with E-state index in [0.717, 1.165) is 18.4 Å². The van der Waals surface area contributed by atoms with Crippen molar-refractivity contribution >= 4 is 23.6 Å². The van der Waals surface area contributed by atoms with Gasteiger partial charge in [-0.1, -0.05) is 43.1 Å². The van der Waals surface area contributed by atoms with E-state index < -0.39 is 0 Å². The summed E-state index contributed by atoms with van der Waals surface area (Å²) in [6, 6.07) is 14.6. The molecule has 146 valence electrons. The summed E-state index contributed by atoms with van der Waals surface area (Å²) in [6.45, 7) is 2.96. The van der Waals surface area contributed by atoms with Crippen LogP contribution in [0.3, 0.4) is 0 Å². The Kier molecular flexibility index (Phi) is 8.38. The lowest BCUT2D eigenvalue weighted by Gasteiger charge is -2.12. The van der Waals surface area contributed by atoms with Gasteiger partial charge < -0.3 is 14.8 Å². The first kappa shape index (κ1) is 21.3. The van der Waals surface area contributed by atoms with Gasteiger partial charge in [0, 0.05) is 11.6 Å². The molecule has 5 nitrogen and oxygen atoms in total. The second-order valence-electron chi connectivity index (χ2n) is 6.10. The van der Waals surface area contributed by atoms with Crippen LogP contribution in [0.5, 0.6) is 11.5 Å². The fourth-order valence-corrected chi connectivity index (χ4v) is 2.55. The highest BCUT2D eigenvalue weighted by Crippen LogP contribution is 2.29. The second kappa shape index (κ2) is 11.0. The lowest BCUT2D eigenvalue weighted by atomic mass is 10.1. The van der Waals surface area contributed by atoms with Crippen LogP contribution in [0.4, 0.5) is 0 Å². The first-order chi connectivity index (χ1) is 13.6. The number of benzene rings is 2. The summed E-state index contributed by atoms with van der Waals surface area (Å²) >= 11 is 5.89. The second-order valence-corrected chi connectivity index (χ2v) is 6.54. The van der Waals surface area contributed by atoms with Crippen LogP contribution < -0.4 is 14.8 Å². The topological polar surface area (TPSA) is 71.4 Å². The smallest absolute Gasteiger partial charge is 0.261 e. The SMILES string of the molecule is CCCCNC(=O)C(C#N)=Cc1ccc(OCc2ccc(Cl)cc2)c(OC)c1. The molecule has 0 aliphatic rings. The van der Waals surface area contributed by atoms with Crippen LogP contribution in [0.2, 0.25) is 5.02 Å². The third-order valence-electron chi connectivity index (χ3n) is 3.99. The van der Waals surface area contributed by atoms with Gasteiger partial charge in [-0.2, -0.15) is 5.26 Å². The standard InChI is InChI=1S/C22H23ClN2O3/c1-3-4-11-25-22(26)18(14-24)12-17-7-10-20(21(13-17)27-2)28-15-16-5-8-19(23)9-6-16/h5-10,12-13H,3-4,11,15H2,1-2H3,(H,25,26). The van der Waals surface area contributed by atoms with Gasteiger partial charge in [0.2, 0.25) is 0 Å². The highest BCUT2D eigenvalue weighted by Gasteiger charge is 2.10. The van der Waals surface area contributed by atoms with Crippen molar-refractivity contribution in [1.29, 1.82) is 5.26 Å². The molecule has 1 N–H and O–H groups in total.